The van der Waals surface area contributed by atoms with Gasteiger partial charge >= 0.3 is 0 Å². The molecule has 4 N–H and O–H groups in total. The van der Waals surface area contributed by atoms with Crippen LogP contribution in [-0.4, -0.2) is 44.6 Å². The number of pyridine rings is 1. The zero-order valence-corrected chi connectivity index (χ0v) is 27.2. The molecule has 0 atom stereocenters. The molecule has 3 aromatic carbocycles. The molecule has 242 valence electrons. The summed E-state index contributed by atoms with van der Waals surface area (Å²) < 4.78 is 61.8. The van der Waals surface area contributed by atoms with E-state index in [0.717, 1.165) is 16.1 Å². The molecule has 0 radical (unpaired) electrons. The van der Waals surface area contributed by atoms with Crippen LogP contribution in [0, 0.1) is 17.6 Å². The highest BCUT2D eigenvalue weighted by molar-refractivity contribution is 7.92. The standard InChI is InChI=1S/C35H33F2N5O4S/c1-18(2)12-19-13-25(37)22-16-29(40-28(22)14-19)33-26(38)10-11-27(41-33)23-15-24-31(17-30(23)42(4)47(5,44)45)46-34(32(24)35(43)39-3)20-6-8-21(36)9-7-20/h6-11,13-18,40H,12,38H2,1-5H3,(H,39,43). The van der Waals surface area contributed by atoms with E-state index < -0.39 is 21.7 Å². The van der Waals surface area contributed by atoms with Crippen LogP contribution >= 0.6 is 0 Å². The summed E-state index contributed by atoms with van der Waals surface area (Å²) in [6.45, 7) is 4.13. The Bertz CT molecular complexity index is 2290. The number of hydrogen-bond donors (Lipinski definition) is 3. The third kappa shape index (κ3) is 5.92. The number of anilines is 2. The number of nitrogens with two attached hydrogens (primary N) is 1. The van der Waals surface area contributed by atoms with Crippen molar-refractivity contribution in [2.75, 3.05) is 30.4 Å². The van der Waals surface area contributed by atoms with Crippen molar-refractivity contribution in [3.05, 3.63) is 89.5 Å². The van der Waals surface area contributed by atoms with Crippen molar-refractivity contribution in [1.29, 1.82) is 0 Å². The van der Waals surface area contributed by atoms with Crippen LogP contribution in [-0.2, 0) is 16.4 Å². The van der Waals surface area contributed by atoms with Crippen LogP contribution in [0.2, 0.25) is 0 Å². The van der Waals surface area contributed by atoms with Crippen LogP contribution in [0.4, 0.5) is 20.2 Å². The number of nitrogens with zero attached hydrogens (tertiary/aromatic N) is 2. The van der Waals surface area contributed by atoms with Crippen LogP contribution in [0.3, 0.4) is 0 Å². The van der Waals surface area contributed by atoms with E-state index in [4.69, 9.17) is 15.1 Å². The molecule has 0 spiro atoms. The Labute approximate surface area is 270 Å². The highest BCUT2D eigenvalue weighted by Gasteiger charge is 2.27. The van der Waals surface area contributed by atoms with Crippen LogP contribution in [0.25, 0.3) is 55.8 Å². The van der Waals surface area contributed by atoms with E-state index in [9.17, 15) is 17.6 Å². The molecule has 0 aliphatic heterocycles. The van der Waals surface area contributed by atoms with Gasteiger partial charge in [-0.1, -0.05) is 13.8 Å². The predicted octanol–water partition coefficient (Wildman–Crippen LogP) is 7.12. The van der Waals surface area contributed by atoms with E-state index >= 15 is 4.39 Å². The molecule has 0 aliphatic rings. The summed E-state index contributed by atoms with van der Waals surface area (Å²) in [5.41, 5.74) is 10.8. The van der Waals surface area contributed by atoms with Crippen LogP contribution in [0.5, 0.6) is 0 Å². The largest absolute Gasteiger partial charge is 0.455 e. The third-order valence-electron chi connectivity index (χ3n) is 8.05. The van der Waals surface area contributed by atoms with Gasteiger partial charge in [0.15, 0.2) is 0 Å². The molecule has 3 heterocycles. The number of halogens is 2. The van der Waals surface area contributed by atoms with Gasteiger partial charge in [0.05, 0.1) is 34.6 Å². The van der Waals surface area contributed by atoms with Gasteiger partial charge in [0.25, 0.3) is 5.91 Å². The van der Waals surface area contributed by atoms with Crippen LogP contribution < -0.4 is 15.4 Å². The SMILES string of the molecule is CNC(=O)c1c(-c2ccc(F)cc2)oc2cc(N(C)S(C)(=O)=O)c(-c3ccc(N)c(-c4cc5c(F)cc(CC(C)C)cc5[nH]4)n3)cc12. The molecule has 47 heavy (non-hydrogen) atoms. The monoisotopic (exact) mass is 657 g/mol. The Morgan fingerprint density at radius 1 is 1.04 bits per heavy atom. The number of carbonyl (C=O) groups excluding carboxylic acids is 1. The zero-order valence-electron chi connectivity index (χ0n) is 26.4. The maximum absolute atomic E-state index is 15.2. The molecule has 1 amide bonds. The van der Waals surface area contributed by atoms with Crippen LogP contribution in [0.1, 0.15) is 29.8 Å². The number of fused-ring (bicyclic) bond motifs is 2. The molecule has 12 heteroatoms. The number of carbonyl (C=O) groups is 1. The Kier molecular flexibility index (Phi) is 8.00. The number of H-pyrrole nitrogens is 1. The summed E-state index contributed by atoms with van der Waals surface area (Å²) in [6.07, 6.45) is 1.78. The predicted molar refractivity (Wildman–Crippen MR) is 182 cm³/mol. The lowest BCUT2D eigenvalue weighted by atomic mass is 10.0. The fraction of sp³-hybridized carbons (Fsp3) is 0.200. The quantitative estimate of drug-likeness (QED) is 0.160. The molecule has 0 saturated carbocycles. The summed E-state index contributed by atoms with van der Waals surface area (Å²) in [5, 5.41) is 3.40. The molecular formula is C35H33F2N5O4S. The minimum absolute atomic E-state index is 0.183. The number of rotatable bonds is 8. The van der Waals surface area contributed by atoms with Crippen molar-refractivity contribution < 1.29 is 26.4 Å². The number of nitrogens with one attached hydrogen (secondary N) is 2. The van der Waals surface area contributed by atoms with Gasteiger partial charge in [-0.25, -0.2) is 22.2 Å². The molecule has 6 rings (SSSR count). The smallest absolute Gasteiger partial charge is 0.255 e. The summed E-state index contributed by atoms with van der Waals surface area (Å²) in [6, 6.07) is 17.0. The van der Waals surface area contributed by atoms with Gasteiger partial charge in [0, 0.05) is 47.6 Å². The Morgan fingerprint density at radius 3 is 2.43 bits per heavy atom. The van der Waals surface area contributed by atoms with E-state index in [1.54, 1.807) is 24.3 Å². The van der Waals surface area contributed by atoms with Crippen molar-refractivity contribution in [2.45, 2.75) is 20.3 Å². The van der Waals surface area contributed by atoms with Gasteiger partial charge in [-0.05, 0) is 78.6 Å². The minimum Gasteiger partial charge on any atom is -0.455 e. The highest BCUT2D eigenvalue weighted by Crippen LogP contribution is 2.42. The molecular weight excluding hydrogens is 624 g/mol. The third-order valence-corrected chi connectivity index (χ3v) is 9.24. The number of amides is 1. The number of hydrogen-bond acceptors (Lipinski definition) is 6. The maximum Gasteiger partial charge on any atom is 0.255 e. The van der Waals surface area contributed by atoms with Crippen molar-refractivity contribution in [1.82, 2.24) is 15.3 Å². The molecule has 0 unspecified atom stereocenters. The number of aromatic nitrogens is 2. The molecule has 0 bridgehead atoms. The Morgan fingerprint density at radius 2 is 1.77 bits per heavy atom. The maximum atomic E-state index is 15.2. The summed E-state index contributed by atoms with van der Waals surface area (Å²) in [5.74, 6) is -0.743. The zero-order chi connectivity index (χ0) is 33.8. The highest BCUT2D eigenvalue weighted by atomic mass is 32.2. The topological polar surface area (TPSA) is 134 Å². The van der Waals surface area contributed by atoms with Crippen LogP contribution in [0.15, 0.2) is 71.1 Å². The molecule has 0 aliphatic carbocycles. The second-order valence-electron chi connectivity index (χ2n) is 11.9. The minimum atomic E-state index is -3.77. The Balaban J connectivity index is 1.58. The lowest BCUT2D eigenvalue weighted by molar-refractivity contribution is 0.0964. The second kappa shape index (κ2) is 11.8. The number of furan rings is 1. The normalized spacial score (nSPS) is 11.9. The van der Waals surface area contributed by atoms with Crippen molar-refractivity contribution in [3.63, 3.8) is 0 Å². The number of benzene rings is 3. The Hall–Kier alpha value is -5.23. The van der Waals surface area contributed by atoms with Crippen molar-refractivity contribution in [3.8, 4) is 34.0 Å². The molecule has 6 aromatic rings. The fourth-order valence-corrected chi connectivity index (χ4v) is 6.24. The first-order valence-electron chi connectivity index (χ1n) is 14.9. The van der Waals surface area contributed by atoms with Gasteiger partial charge in [0.1, 0.15) is 28.7 Å². The average molecular weight is 658 g/mol. The first-order valence-corrected chi connectivity index (χ1v) is 16.7. The van der Waals surface area contributed by atoms with Crippen molar-refractivity contribution in [2.24, 2.45) is 5.92 Å². The van der Waals surface area contributed by atoms with E-state index in [1.807, 2.05) is 6.07 Å². The van der Waals surface area contributed by atoms with E-state index in [2.05, 4.69) is 24.1 Å². The van der Waals surface area contributed by atoms with E-state index in [1.165, 1.54) is 50.5 Å². The fourth-order valence-electron chi connectivity index (χ4n) is 5.73. The van der Waals surface area contributed by atoms with E-state index in [-0.39, 0.29) is 28.4 Å². The number of sulfonamides is 1. The van der Waals surface area contributed by atoms with Gasteiger partial charge in [-0.3, -0.25) is 9.10 Å². The summed E-state index contributed by atoms with van der Waals surface area (Å²) in [7, 11) is -0.894. The lowest BCUT2D eigenvalue weighted by Gasteiger charge is -2.20. The van der Waals surface area contributed by atoms with Gasteiger partial charge in [-0.15, -0.1) is 0 Å². The first kappa shape index (κ1) is 31.7. The number of aromatic amines is 1. The molecule has 9 nitrogen and oxygen atoms in total. The van der Waals surface area contributed by atoms with Gasteiger partial charge in [0.2, 0.25) is 10.0 Å². The number of nitrogen functional groups attached to an aromatic ring is 1. The first-order chi connectivity index (χ1) is 22.2. The molecule has 0 saturated heterocycles. The molecule has 3 aromatic heterocycles. The van der Waals surface area contributed by atoms with Crippen molar-refractivity contribution >= 4 is 49.2 Å². The second-order valence-corrected chi connectivity index (χ2v) is 14.0. The lowest BCUT2D eigenvalue weighted by Crippen LogP contribution is -2.25. The van der Waals surface area contributed by atoms with Gasteiger partial charge < -0.3 is 20.5 Å². The molecule has 0 fully saturated rings. The summed E-state index contributed by atoms with van der Waals surface area (Å²) >= 11 is 0. The van der Waals surface area contributed by atoms with Gasteiger partial charge in [-0.2, -0.15) is 0 Å². The summed E-state index contributed by atoms with van der Waals surface area (Å²) in [4.78, 5) is 21.3. The average Bonchev–Trinajstić information content (AvgIpc) is 3.61. The van der Waals surface area contributed by atoms with E-state index in [0.29, 0.717) is 62.5 Å².